The molecule has 2 aromatic carbocycles. The van der Waals surface area contributed by atoms with Gasteiger partial charge < -0.3 is 14.4 Å². The molecule has 1 fully saturated rings. The lowest BCUT2D eigenvalue weighted by Crippen LogP contribution is -2.34. The first-order valence-corrected chi connectivity index (χ1v) is 10.1. The summed E-state index contributed by atoms with van der Waals surface area (Å²) in [5.41, 5.74) is 1.77. The van der Waals surface area contributed by atoms with E-state index < -0.39 is 0 Å². The highest BCUT2D eigenvalue weighted by molar-refractivity contribution is 5.78. The molecule has 0 bridgehead atoms. The van der Waals surface area contributed by atoms with Crippen LogP contribution in [0.2, 0.25) is 0 Å². The number of hydrogen-bond donors (Lipinski definition) is 1. The molecule has 4 rings (SSSR count). The molecule has 3 aromatic rings. The van der Waals surface area contributed by atoms with Crippen LogP contribution >= 0.6 is 0 Å². The van der Waals surface area contributed by atoms with Crippen LogP contribution in [-0.2, 0) is 11.2 Å². The first-order valence-electron chi connectivity index (χ1n) is 10.1. The van der Waals surface area contributed by atoms with Gasteiger partial charge in [0.1, 0.15) is 17.3 Å². The monoisotopic (exact) mass is 409 g/mol. The van der Waals surface area contributed by atoms with Gasteiger partial charge in [-0.25, -0.2) is 4.39 Å². The summed E-state index contributed by atoms with van der Waals surface area (Å²) >= 11 is 0. The van der Waals surface area contributed by atoms with E-state index in [0.717, 1.165) is 24.2 Å². The number of ether oxygens (including phenoxy) is 2. The molecule has 1 N–H and O–H groups in total. The average molecular weight is 409 g/mol. The Morgan fingerprint density at radius 1 is 1.10 bits per heavy atom. The van der Waals surface area contributed by atoms with Crippen molar-refractivity contribution in [3.8, 4) is 11.5 Å². The zero-order valence-electron chi connectivity index (χ0n) is 16.6. The van der Waals surface area contributed by atoms with Crippen LogP contribution in [-0.4, -0.2) is 40.8 Å². The maximum atomic E-state index is 13.2. The van der Waals surface area contributed by atoms with Crippen molar-refractivity contribution in [2.75, 3.05) is 19.8 Å². The Hall–Kier alpha value is -3.35. The summed E-state index contributed by atoms with van der Waals surface area (Å²) < 4.78 is 24.4. The maximum Gasteiger partial charge on any atom is 0.261 e. The zero-order valence-corrected chi connectivity index (χ0v) is 16.6. The minimum atomic E-state index is -0.321. The highest BCUT2D eigenvalue weighted by atomic mass is 19.1. The van der Waals surface area contributed by atoms with Gasteiger partial charge in [-0.1, -0.05) is 24.3 Å². The number of carbonyl (C=O) groups excluding carboxylic acids is 1. The van der Waals surface area contributed by atoms with Crippen molar-refractivity contribution in [1.29, 1.82) is 0 Å². The third-order valence-corrected chi connectivity index (χ3v) is 5.11. The minimum Gasteiger partial charge on any atom is -0.493 e. The van der Waals surface area contributed by atoms with E-state index >= 15 is 0 Å². The molecule has 0 aliphatic carbocycles. The fourth-order valence-corrected chi connectivity index (χ4v) is 3.63. The molecule has 1 aliphatic heterocycles. The van der Waals surface area contributed by atoms with E-state index in [1.165, 1.54) is 12.1 Å². The lowest BCUT2D eigenvalue weighted by molar-refractivity contribution is -0.134. The van der Waals surface area contributed by atoms with E-state index in [1.54, 1.807) is 12.1 Å². The van der Waals surface area contributed by atoms with Gasteiger partial charge in [0.15, 0.2) is 6.61 Å². The van der Waals surface area contributed by atoms with E-state index in [0.29, 0.717) is 31.1 Å². The Morgan fingerprint density at radius 2 is 1.93 bits per heavy atom. The Balaban J connectivity index is 1.30. The molecular formula is C23H24FN3O3. The summed E-state index contributed by atoms with van der Waals surface area (Å²) in [4.78, 5) is 14.5. The third kappa shape index (κ3) is 4.97. The van der Waals surface area contributed by atoms with Gasteiger partial charge in [-0.05, 0) is 43.2 Å². The van der Waals surface area contributed by atoms with Crippen molar-refractivity contribution >= 4 is 5.91 Å². The molecule has 2 heterocycles. The number of para-hydroxylation sites is 1. The van der Waals surface area contributed by atoms with Crippen LogP contribution in [0, 0.1) is 5.82 Å². The lowest BCUT2D eigenvalue weighted by atomic mass is 10.1. The molecule has 1 atom stereocenters. The van der Waals surface area contributed by atoms with Crippen molar-refractivity contribution < 1.29 is 18.7 Å². The average Bonchev–Trinajstić information content (AvgIpc) is 3.42. The number of H-pyrrole nitrogens is 1. The summed E-state index contributed by atoms with van der Waals surface area (Å²) in [6.45, 7) is 1.12. The van der Waals surface area contributed by atoms with E-state index in [1.807, 2.05) is 41.3 Å². The number of nitrogens with zero attached hydrogens (tertiary/aromatic N) is 2. The molecule has 1 aliphatic rings. The van der Waals surface area contributed by atoms with Crippen molar-refractivity contribution in [3.05, 3.63) is 77.9 Å². The van der Waals surface area contributed by atoms with E-state index in [2.05, 4.69) is 10.2 Å². The number of rotatable bonds is 8. The second-order valence-corrected chi connectivity index (χ2v) is 7.22. The number of halogens is 1. The number of hydrogen-bond acceptors (Lipinski definition) is 4. The molecule has 0 radical (unpaired) electrons. The number of carbonyl (C=O) groups is 1. The number of aromatic amines is 1. The summed E-state index contributed by atoms with van der Waals surface area (Å²) in [5, 5.41) is 7.44. The van der Waals surface area contributed by atoms with Gasteiger partial charge in [0.25, 0.3) is 5.91 Å². The van der Waals surface area contributed by atoms with Gasteiger partial charge in [-0.2, -0.15) is 5.10 Å². The Bertz CT molecular complexity index is 977. The van der Waals surface area contributed by atoms with Crippen molar-refractivity contribution in [1.82, 2.24) is 15.1 Å². The summed E-state index contributed by atoms with van der Waals surface area (Å²) in [5.74, 6) is 0.821. The highest BCUT2D eigenvalue weighted by Crippen LogP contribution is 2.31. The second-order valence-electron chi connectivity index (χ2n) is 7.22. The molecule has 6 nitrogen and oxygen atoms in total. The molecular weight excluding hydrogens is 385 g/mol. The zero-order chi connectivity index (χ0) is 20.8. The molecule has 1 saturated heterocycles. The fraction of sp³-hybridized carbons (Fsp3) is 0.304. The van der Waals surface area contributed by atoms with Crippen LogP contribution in [0.3, 0.4) is 0 Å². The van der Waals surface area contributed by atoms with Crippen LogP contribution in [0.15, 0.2) is 60.7 Å². The van der Waals surface area contributed by atoms with Gasteiger partial charge in [-0.3, -0.25) is 9.89 Å². The van der Waals surface area contributed by atoms with Crippen molar-refractivity contribution in [2.24, 2.45) is 0 Å². The van der Waals surface area contributed by atoms with Crippen LogP contribution in [0.4, 0.5) is 4.39 Å². The van der Waals surface area contributed by atoms with Gasteiger partial charge >= 0.3 is 0 Å². The molecule has 156 valence electrons. The molecule has 0 saturated carbocycles. The lowest BCUT2D eigenvalue weighted by Gasteiger charge is -2.23. The van der Waals surface area contributed by atoms with Crippen LogP contribution in [0.5, 0.6) is 11.5 Å². The van der Waals surface area contributed by atoms with E-state index in [-0.39, 0.29) is 24.4 Å². The van der Waals surface area contributed by atoms with Gasteiger partial charge in [-0.15, -0.1) is 0 Å². The fourth-order valence-electron chi connectivity index (χ4n) is 3.63. The Kier molecular flexibility index (Phi) is 6.27. The number of aromatic nitrogens is 2. The molecule has 1 amide bonds. The SMILES string of the molecule is O=C(COc1ccccc1)N1CCC[C@@H]1c1cc(CCOc2cccc(F)c2)[nH]n1. The molecule has 0 spiro atoms. The number of benzene rings is 2. The third-order valence-electron chi connectivity index (χ3n) is 5.11. The van der Waals surface area contributed by atoms with E-state index in [9.17, 15) is 9.18 Å². The van der Waals surface area contributed by atoms with Crippen molar-refractivity contribution in [3.63, 3.8) is 0 Å². The molecule has 1 aromatic heterocycles. The minimum absolute atomic E-state index is 0.0132. The van der Waals surface area contributed by atoms with Crippen LogP contribution in [0.25, 0.3) is 0 Å². The standard InChI is InChI=1S/C23H24FN3O3/c24-17-6-4-9-20(14-17)29-13-11-18-15-21(26-25-18)22-10-5-12-27(22)23(28)16-30-19-7-2-1-3-8-19/h1-4,6-9,14-15,22H,5,10-13,16H2,(H,25,26)/t22-/m1/s1. The van der Waals surface area contributed by atoms with E-state index in [4.69, 9.17) is 9.47 Å². The molecule has 7 heteroatoms. The summed E-state index contributed by atoms with van der Waals surface area (Å²) in [6.07, 6.45) is 2.43. The number of nitrogens with one attached hydrogen (secondary N) is 1. The Morgan fingerprint density at radius 3 is 2.77 bits per heavy atom. The highest BCUT2D eigenvalue weighted by Gasteiger charge is 2.31. The van der Waals surface area contributed by atoms with Gasteiger partial charge in [0.2, 0.25) is 0 Å². The topological polar surface area (TPSA) is 67.4 Å². The number of amides is 1. The normalized spacial score (nSPS) is 15.9. The maximum absolute atomic E-state index is 13.2. The first kappa shape index (κ1) is 19.9. The second kappa shape index (κ2) is 9.43. The smallest absolute Gasteiger partial charge is 0.261 e. The van der Waals surface area contributed by atoms with Gasteiger partial charge in [0, 0.05) is 24.7 Å². The molecule has 0 unspecified atom stereocenters. The summed E-state index contributed by atoms with van der Waals surface area (Å²) in [7, 11) is 0. The summed E-state index contributed by atoms with van der Waals surface area (Å²) in [6, 6.07) is 17.3. The van der Waals surface area contributed by atoms with Crippen molar-refractivity contribution in [2.45, 2.75) is 25.3 Å². The predicted octanol–water partition coefficient (Wildman–Crippen LogP) is 3.91. The predicted molar refractivity (Wildman–Crippen MR) is 110 cm³/mol. The Labute approximate surface area is 174 Å². The first-order chi connectivity index (χ1) is 14.7. The van der Waals surface area contributed by atoms with Crippen LogP contribution < -0.4 is 9.47 Å². The largest absolute Gasteiger partial charge is 0.493 e. The molecule has 30 heavy (non-hydrogen) atoms. The van der Waals surface area contributed by atoms with Crippen LogP contribution in [0.1, 0.15) is 30.3 Å². The number of likely N-dealkylation sites (tertiary alicyclic amines) is 1. The van der Waals surface area contributed by atoms with Gasteiger partial charge in [0.05, 0.1) is 18.3 Å². The quantitative estimate of drug-likeness (QED) is 0.613.